The van der Waals surface area contributed by atoms with Crippen LogP contribution in [-0.4, -0.2) is 46.2 Å². The number of hydrogen-bond donors (Lipinski definition) is 1. The van der Waals surface area contributed by atoms with E-state index < -0.39 is 5.60 Å². The first-order valence-electron chi connectivity index (χ1n) is 5.56. The van der Waals surface area contributed by atoms with Gasteiger partial charge in [0.05, 0.1) is 0 Å². The third kappa shape index (κ3) is 3.94. The number of rotatable bonds is 1. The first-order chi connectivity index (χ1) is 7.33. The summed E-state index contributed by atoms with van der Waals surface area (Å²) in [5.41, 5.74) is -0.461. The summed E-state index contributed by atoms with van der Waals surface area (Å²) in [6, 6.07) is 0. The van der Waals surface area contributed by atoms with Crippen molar-refractivity contribution in [2.24, 2.45) is 5.92 Å². The van der Waals surface area contributed by atoms with Gasteiger partial charge < -0.3 is 14.7 Å². The van der Waals surface area contributed by atoms with E-state index in [4.69, 9.17) is 4.74 Å². The van der Waals surface area contributed by atoms with E-state index in [2.05, 4.69) is 15.9 Å². The number of piperidine rings is 1. The maximum Gasteiger partial charge on any atom is 0.410 e. The molecule has 0 aromatic carbocycles. The van der Waals surface area contributed by atoms with Crippen molar-refractivity contribution in [1.82, 2.24) is 4.90 Å². The number of likely N-dealkylation sites (tertiary alicyclic amines) is 1. The monoisotopic (exact) mass is 293 g/mol. The lowest BCUT2D eigenvalue weighted by molar-refractivity contribution is 0.0142. The molecular formula is C11H20BrNO3. The van der Waals surface area contributed by atoms with Crippen LogP contribution in [-0.2, 0) is 4.74 Å². The Balaban J connectivity index is 2.52. The van der Waals surface area contributed by atoms with Crippen LogP contribution in [0, 0.1) is 5.92 Å². The van der Waals surface area contributed by atoms with Crippen molar-refractivity contribution in [3.8, 4) is 0 Å². The predicted octanol–water partition coefficient (Wildman–Crippen LogP) is 2.00. The fourth-order valence-electron chi connectivity index (χ4n) is 1.67. The van der Waals surface area contributed by atoms with Crippen LogP contribution in [0.3, 0.4) is 0 Å². The standard InChI is InChI=1S/C11H20BrNO3/c1-11(2,3)16-10(15)13-5-4-9(12)8(6-13)7-14/h8-9,14H,4-7H2,1-3H3. The van der Waals surface area contributed by atoms with E-state index in [0.29, 0.717) is 13.1 Å². The summed E-state index contributed by atoms with van der Waals surface area (Å²) >= 11 is 3.51. The molecule has 1 heterocycles. The number of aliphatic hydroxyl groups is 1. The third-order valence-corrected chi connectivity index (χ3v) is 3.73. The quantitative estimate of drug-likeness (QED) is 0.753. The highest BCUT2D eigenvalue weighted by Crippen LogP contribution is 2.24. The zero-order valence-electron chi connectivity index (χ0n) is 10.1. The maximum absolute atomic E-state index is 11.8. The van der Waals surface area contributed by atoms with E-state index >= 15 is 0 Å². The summed E-state index contributed by atoms with van der Waals surface area (Å²) in [5.74, 6) is 0.0984. The molecule has 94 valence electrons. The molecule has 1 aliphatic rings. The normalized spacial score (nSPS) is 26.7. The summed E-state index contributed by atoms with van der Waals surface area (Å²) in [6.07, 6.45) is 0.565. The Labute approximate surface area is 105 Å². The van der Waals surface area contributed by atoms with E-state index in [0.717, 1.165) is 6.42 Å². The van der Waals surface area contributed by atoms with Gasteiger partial charge in [0.25, 0.3) is 0 Å². The minimum atomic E-state index is -0.461. The van der Waals surface area contributed by atoms with Gasteiger partial charge in [0.15, 0.2) is 0 Å². The van der Waals surface area contributed by atoms with Gasteiger partial charge in [0.2, 0.25) is 0 Å². The van der Waals surface area contributed by atoms with Crippen LogP contribution in [0.4, 0.5) is 4.79 Å². The van der Waals surface area contributed by atoms with E-state index in [9.17, 15) is 9.90 Å². The lowest BCUT2D eigenvalue weighted by Gasteiger charge is -2.36. The fraction of sp³-hybridized carbons (Fsp3) is 0.909. The van der Waals surface area contributed by atoms with E-state index in [1.807, 2.05) is 20.8 Å². The minimum Gasteiger partial charge on any atom is -0.444 e. The largest absolute Gasteiger partial charge is 0.444 e. The van der Waals surface area contributed by atoms with Gasteiger partial charge in [-0.05, 0) is 27.2 Å². The first-order valence-corrected chi connectivity index (χ1v) is 6.48. The Hall–Kier alpha value is -0.290. The zero-order chi connectivity index (χ0) is 12.3. The van der Waals surface area contributed by atoms with Crippen LogP contribution in [0.5, 0.6) is 0 Å². The molecule has 0 aliphatic carbocycles. The first kappa shape index (κ1) is 13.8. The number of halogens is 1. The Bertz CT molecular complexity index is 252. The number of alkyl halides is 1. The van der Waals surface area contributed by atoms with Crippen LogP contribution in [0.15, 0.2) is 0 Å². The van der Waals surface area contributed by atoms with Gasteiger partial charge in [-0.25, -0.2) is 4.79 Å². The van der Waals surface area contributed by atoms with Crippen LogP contribution < -0.4 is 0 Å². The highest BCUT2D eigenvalue weighted by atomic mass is 79.9. The number of carbonyl (C=O) groups is 1. The molecule has 0 bridgehead atoms. The minimum absolute atomic E-state index is 0.0925. The van der Waals surface area contributed by atoms with E-state index in [1.165, 1.54) is 0 Å². The highest BCUT2D eigenvalue weighted by Gasteiger charge is 2.31. The second-order valence-corrected chi connectivity index (χ2v) is 6.35. The van der Waals surface area contributed by atoms with Gasteiger partial charge in [-0.15, -0.1) is 0 Å². The third-order valence-electron chi connectivity index (χ3n) is 2.53. The SMILES string of the molecule is CC(C)(C)OC(=O)N1CCC(Br)C(CO)C1. The topological polar surface area (TPSA) is 49.8 Å². The predicted molar refractivity (Wildman–Crippen MR) is 65.7 cm³/mol. The second-order valence-electron chi connectivity index (χ2n) is 5.17. The summed E-state index contributed by atoms with van der Waals surface area (Å²) in [5, 5.41) is 9.18. The molecule has 1 N–H and O–H groups in total. The summed E-state index contributed by atoms with van der Waals surface area (Å²) < 4.78 is 5.30. The molecule has 0 aromatic rings. The van der Waals surface area contributed by atoms with Crippen LogP contribution >= 0.6 is 15.9 Å². The van der Waals surface area contributed by atoms with Crippen LogP contribution in [0.1, 0.15) is 27.2 Å². The van der Waals surface area contributed by atoms with Crippen molar-refractivity contribution in [2.75, 3.05) is 19.7 Å². The molecule has 1 rings (SSSR count). The molecule has 0 spiro atoms. The molecular weight excluding hydrogens is 274 g/mol. The van der Waals surface area contributed by atoms with Crippen LogP contribution in [0.25, 0.3) is 0 Å². The number of carbonyl (C=O) groups excluding carboxylic acids is 1. The average Bonchev–Trinajstić information content (AvgIpc) is 2.15. The summed E-state index contributed by atoms with van der Waals surface area (Å²) in [6.45, 7) is 6.89. The lowest BCUT2D eigenvalue weighted by Crippen LogP contribution is -2.47. The molecule has 1 fully saturated rings. The number of nitrogens with zero attached hydrogens (tertiary/aromatic N) is 1. The Morgan fingerprint density at radius 3 is 2.69 bits per heavy atom. The number of hydrogen-bond acceptors (Lipinski definition) is 3. The highest BCUT2D eigenvalue weighted by molar-refractivity contribution is 9.09. The Morgan fingerprint density at radius 2 is 2.19 bits per heavy atom. The fourth-order valence-corrected chi connectivity index (χ4v) is 2.21. The van der Waals surface area contributed by atoms with Gasteiger partial charge in [0.1, 0.15) is 5.60 Å². The van der Waals surface area contributed by atoms with E-state index in [-0.39, 0.29) is 23.4 Å². The second kappa shape index (κ2) is 5.36. The Kier molecular flexibility index (Phi) is 4.62. The lowest BCUT2D eigenvalue weighted by atomic mass is 9.99. The molecule has 0 radical (unpaired) electrons. The van der Waals surface area contributed by atoms with Gasteiger partial charge in [0, 0.05) is 30.4 Å². The van der Waals surface area contributed by atoms with Crippen molar-refractivity contribution < 1.29 is 14.6 Å². The summed E-state index contributed by atoms with van der Waals surface area (Å²) in [4.78, 5) is 13.7. The molecule has 0 aromatic heterocycles. The zero-order valence-corrected chi connectivity index (χ0v) is 11.7. The van der Waals surface area contributed by atoms with Crippen molar-refractivity contribution >= 4 is 22.0 Å². The van der Waals surface area contributed by atoms with E-state index in [1.54, 1.807) is 4.90 Å². The maximum atomic E-state index is 11.8. The molecule has 1 saturated heterocycles. The molecule has 4 nitrogen and oxygen atoms in total. The molecule has 2 unspecified atom stereocenters. The Morgan fingerprint density at radius 1 is 1.56 bits per heavy atom. The van der Waals surface area contributed by atoms with Crippen molar-refractivity contribution in [3.05, 3.63) is 0 Å². The smallest absolute Gasteiger partial charge is 0.410 e. The molecule has 1 aliphatic heterocycles. The molecule has 0 saturated carbocycles. The number of aliphatic hydroxyl groups excluding tert-OH is 1. The molecule has 5 heteroatoms. The average molecular weight is 294 g/mol. The van der Waals surface area contributed by atoms with Gasteiger partial charge in [-0.2, -0.15) is 0 Å². The van der Waals surface area contributed by atoms with Gasteiger partial charge >= 0.3 is 6.09 Å². The number of amides is 1. The van der Waals surface area contributed by atoms with Crippen molar-refractivity contribution in [1.29, 1.82) is 0 Å². The van der Waals surface area contributed by atoms with Gasteiger partial charge in [-0.1, -0.05) is 15.9 Å². The molecule has 2 atom stereocenters. The molecule has 1 amide bonds. The van der Waals surface area contributed by atoms with Gasteiger partial charge in [-0.3, -0.25) is 0 Å². The molecule has 16 heavy (non-hydrogen) atoms. The van der Waals surface area contributed by atoms with Crippen molar-refractivity contribution in [2.45, 2.75) is 37.6 Å². The van der Waals surface area contributed by atoms with Crippen molar-refractivity contribution in [3.63, 3.8) is 0 Å². The summed E-state index contributed by atoms with van der Waals surface area (Å²) in [7, 11) is 0. The van der Waals surface area contributed by atoms with Crippen LogP contribution in [0.2, 0.25) is 0 Å². The number of ether oxygens (including phenoxy) is 1.